The van der Waals surface area contributed by atoms with Crippen LogP contribution in [0.5, 0.6) is 0 Å². The first-order valence-electron chi connectivity index (χ1n) is 12.2. The maximum absolute atomic E-state index is 12.5. The average molecular weight is 505 g/mol. The molecule has 0 amide bonds. The highest BCUT2D eigenvalue weighted by Crippen LogP contribution is 2.31. The molecule has 2 aromatic rings. The molecule has 0 radical (unpaired) electrons. The van der Waals surface area contributed by atoms with E-state index in [2.05, 4.69) is 50.9 Å². The van der Waals surface area contributed by atoms with Gasteiger partial charge in [-0.15, -0.1) is 5.10 Å². The molecule has 2 rings (SSSR count). The van der Waals surface area contributed by atoms with Gasteiger partial charge in [0.05, 0.1) is 10.6 Å². The number of hydrogen-bond donors (Lipinski definition) is 1. The number of thioether (sulfide) groups is 1. The van der Waals surface area contributed by atoms with Crippen LogP contribution < -0.4 is 5.69 Å². The van der Waals surface area contributed by atoms with E-state index in [1.807, 2.05) is 46.8 Å². The van der Waals surface area contributed by atoms with Crippen molar-refractivity contribution < 1.29 is 4.92 Å². The third-order valence-electron chi connectivity index (χ3n) is 4.82. The summed E-state index contributed by atoms with van der Waals surface area (Å²) in [6.45, 7) is 22.0. The van der Waals surface area contributed by atoms with Gasteiger partial charge < -0.3 is 0 Å². The topological polar surface area (TPSA) is 93.8 Å². The number of nitrogens with one attached hydrogen (secondary N) is 1. The fourth-order valence-corrected chi connectivity index (χ4v) is 3.80. The van der Waals surface area contributed by atoms with Crippen LogP contribution in [0.25, 0.3) is 5.69 Å². The second kappa shape index (κ2) is 15.4. The Hall–Kier alpha value is -2.61. The lowest BCUT2D eigenvalue weighted by atomic mass is 9.85. The number of aromatic nitrogens is 3. The third-order valence-corrected chi connectivity index (χ3v) is 5.93. The molecule has 0 saturated heterocycles. The van der Waals surface area contributed by atoms with Crippen LogP contribution in [-0.4, -0.2) is 25.4 Å². The fourth-order valence-electron chi connectivity index (χ4n) is 2.89. The predicted molar refractivity (Wildman–Crippen MR) is 149 cm³/mol. The first-order chi connectivity index (χ1) is 16.3. The number of aromatic amines is 1. The number of rotatable bonds is 7. The van der Waals surface area contributed by atoms with Crippen LogP contribution >= 0.6 is 11.8 Å². The summed E-state index contributed by atoms with van der Waals surface area (Å²) in [5.41, 5.74) is 3.96. The van der Waals surface area contributed by atoms with Gasteiger partial charge >= 0.3 is 5.69 Å². The Labute approximate surface area is 215 Å². The first-order valence-corrected chi connectivity index (χ1v) is 13.2. The molecule has 0 aliphatic rings. The van der Waals surface area contributed by atoms with Crippen molar-refractivity contribution in [3.05, 3.63) is 72.8 Å². The minimum absolute atomic E-state index is 0.0765. The summed E-state index contributed by atoms with van der Waals surface area (Å²) in [6.07, 6.45) is 4.20. The number of unbranched alkanes of at least 4 members (excludes halogenated alkanes) is 1. The van der Waals surface area contributed by atoms with Gasteiger partial charge in [0.2, 0.25) is 0 Å². The van der Waals surface area contributed by atoms with E-state index in [1.165, 1.54) is 24.6 Å². The second-order valence-electron chi connectivity index (χ2n) is 9.35. The predicted octanol–water partition coefficient (Wildman–Crippen LogP) is 7.61. The summed E-state index contributed by atoms with van der Waals surface area (Å²) in [5.74, 6) is 0.348. The largest absolute Gasteiger partial charge is 0.348 e. The molecule has 0 spiro atoms. The first kappa shape index (κ1) is 32.4. The SMILES string of the molecule is CC.CC(C)=C/C(=C(\C)CSc1n[nH]c(=O)n1-c1ccc(C)cc1C(C)(C)C)[N+](=O)[O-].CCCC. The molecule has 0 atom stereocenters. The number of benzene rings is 1. The zero-order chi connectivity index (χ0) is 27.3. The molecule has 1 aromatic carbocycles. The van der Waals surface area contributed by atoms with E-state index in [9.17, 15) is 14.9 Å². The van der Waals surface area contributed by atoms with E-state index in [0.717, 1.165) is 22.4 Å². The molecular weight excluding hydrogens is 460 g/mol. The van der Waals surface area contributed by atoms with Crippen molar-refractivity contribution in [1.82, 2.24) is 14.8 Å². The van der Waals surface area contributed by atoms with Gasteiger partial charge in [-0.3, -0.25) is 10.1 Å². The molecule has 196 valence electrons. The lowest BCUT2D eigenvalue weighted by molar-refractivity contribution is -0.420. The molecule has 35 heavy (non-hydrogen) atoms. The van der Waals surface area contributed by atoms with Crippen LogP contribution in [0.4, 0.5) is 0 Å². The van der Waals surface area contributed by atoms with Crippen molar-refractivity contribution in [1.29, 1.82) is 0 Å². The Morgan fingerprint density at radius 3 is 2.20 bits per heavy atom. The van der Waals surface area contributed by atoms with Crippen LogP contribution in [0.1, 0.15) is 93.2 Å². The number of H-pyrrole nitrogens is 1. The van der Waals surface area contributed by atoms with Gasteiger partial charge in [-0.1, -0.05) is 96.3 Å². The van der Waals surface area contributed by atoms with Crippen molar-refractivity contribution in [2.45, 2.75) is 99.6 Å². The van der Waals surface area contributed by atoms with Crippen molar-refractivity contribution in [2.75, 3.05) is 5.75 Å². The summed E-state index contributed by atoms with van der Waals surface area (Å²) >= 11 is 1.30. The van der Waals surface area contributed by atoms with Gasteiger partial charge in [0.25, 0.3) is 5.70 Å². The van der Waals surface area contributed by atoms with Crippen LogP contribution in [-0.2, 0) is 5.41 Å². The summed E-state index contributed by atoms with van der Waals surface area (Å²) in [6, 6.07) is 5.96. The van der Waals surface area contributed by atoms with E-state index in [4.69, 9.17) is 0 Å². The van der Waals surface area contributed by atoms with E-state index in [0.29, 0.717) is 16.5 Å². The molecular formula is C27H44N4O3S. The van der Waals surface area contributed by atoms with Crippen molar-refractivity contribution in [3.63, 3.8) is 0 Å². The minimum atomic E-state index is -0.377. The second-order valence-corrected chi connectivity index (χ2v) is 10.3. The van der Waals surface area contributed by atoms with Gasteiger partial charge in [-0.25, -0.2) is 14.5 Å². The Morgan fingerprint density at radius 1 is 1.17 bits per heavy atom. The Bertz CT molecular complexity index is 1070. The number of aryl methyl sites for hydroxylation is 1. The van der Waals surface area contributed by atoms with Crippen LogP contribution in [0.15, 0.2) is 51.1 Å². The van der Waals surface area contributed by atoms with E-state index < -0.39 is 0 Å². The lowest BCUT2D eigenvalue weighted by Gasteiger charge is -2.24. The molecule has 0 aliphatic carbocycles. The molecule has 1 heterocycles. The molecule has 0 bridgehead atoms. The molecule has 7 nitrogen and oxygen atoms in total. The molecule has 0 unspecified atom stereocenters. The quantitative estimate of drug-likeness (QED) is 0.181. The standard InChI is InChI=1S/C21H28N4O3S.C4H10.C2H6/c1-13(2)10-18(25(27)28)15(4)12-29-20-23-22-19(26)24(20)17-9-8-14(3)11-16(17)21(5,6)7;1-3-4-2;1-2/h8-11H,12H2,1-7H3,(H,22,26);3-4H2,1-2H3;1-2H3/b18-15-;;. The summed E-state index contributed by atoms with van der Waals surface area (Å²) < 4.78 is 1.55. The molecule has 1 aromatic heterocycles. The van der Waals surface area contributed by atoms with Gasteiger partial charge in [0, 0.05) is 17.4 Å². The van der Waals surface area contributed by atoms with Gasteiger partial charge in [0.15, 0.2) is 5.16 Å². The highest BCUT2D eigenvalue weighted by atomic mass is 32.2. The monoisotopic (exact) mass is 504 g/mol. The van der Waals surface area contributed by atoms with E-state index in [1.54, 1.807) is 17.6 Å². The summed E-state index contributed by atoms with van der Waals surface area (Å²) in [4.78, 5) is 23.5. The lowest BCUT2D eigenvalue weighted by Crippen LogP contribution is -2.22. The summed E-state index contributed by atoms with van der Waals surface area (Å²) in [7, 11) is 0. The third kappa shape index (κ3) is 10.3. The number of nitrogens with zero attached hydrogens (tertiary/aromatic N) is 3. The van der Waals surface area contributed by atoms with Crippen molar-refractivity contribution in [2.24, 2.45) is 0 Å². The van der Waals surface area contributed by atoms with Crippen molar-refractivity contribution >= 4 is 11.8 Å². The summed E-state index contributed by atoms with van der Waals surface area (Å²) in [5, 5.41) is 18.5. The van der Waals surface area contributed by atoms with Gasteiger partial charge in [0.1, 0.15) is 0 Å². The number of hydrogen-bond acceptors (Lipinski definition) is 5. The fraction of sp³-hybridized carbons (Fsp3) is 0.556. The van der Waals surface area contributed by atoms with Gasteiger partial charge in [-0.05, 0) is 44.7 Å². The Morgan fingerprint density at radius 2 is 1.74 bits per heavy atom. The zero-order valence-corrected chi connectivity index (χ0v) is 24.2. The molecule has 0 aliphatic heterocycles. The normalized spacial score (nSPS) is 11.4. The highest BCUT2D eigenvalue weighted by Gasteiger charge is 2.23. The molecule has 1 N–H and O–H groups in total. The average Bonchev–Trinajstić information content (AvgIpc) is 3.16. The van der Waals surface area contributed by atoms with Crippen LogP contribution in [0, 0.1) is 17.0 Å². The number of allylic oxidation sites excluding steroid dienone is 2. The number of nitro groups is 1. The maximum atomic E-state index is 12.5. The Balaban J connectivity index is 0.00000174. The van der Waals surface area contributed by atoms with Crippen LogP contribution in [0.3, 0.4) is 0 Å². The molecule has 8 heteroatoms. The van der Waals surface area contributed by atoms with E-state index >= 15 is 0 Å². The molecule has 0 saturated carbocycles. The zero-order valence-electron chi connectivity index (χ0n) is 23.4. The highest BCUT2D eigenvalue weighted by molar-refractivity contribution is 7.99. The smallest absolute Gasteiger partial charge is 0.258 e. The van der Waals surface area contributed by atoms with Gasteiger partial charge in [-0.2, -0.15) is 0 Å². The van der Waals surface area contributed by atoms with E-state index in [-0.39, 0.29) is 21.7 Å². The maximum Gasteiger partial charge on any atom is 0.348 e. The van der Waals surface area contributed by atoms with Crippen molar-refractivity contribution in [3.8, 4) is 5.69 Å². The molecule has 0 fully saturated rings. The Kier molecular flexibility index (Phi) is 14.3. The minimum Gasteiger partial charge on any atom is -0.258 e. The van der Waals surface area contributed by atoms with Crippen LogP contribution in [0.2, 0.25) is 0 Å².